The molecule has 3 atom stereocenters. The lowest BCUT2D eigenvalue weighted by Crippen LogP contribution is -2.41. The van der Waals surface area contributed by atoms with E-state index in [-0.39, 0.29) is 24.1 Å². The molecule has 2 aliphatic heterocycles. The Morgan fingerprint density at radius 3 is 2.50 bits per heavy atom. The average molecular weight is 229 g/mol. The van der Waals surface area contributed by atoms with Crippen LogP contribution in [0.4, 0.5) is 0 Å². The first-order valence-corrected chi connectivity index (χ1v) is 5.87. The lowest BCUT2D eigenvalue weighted by Gasteiger charge is -2.28. The third-order valence-corrected chi connectivity index (χ3v) is 3.02. The highest BCUT2D eigenvalue weighted by Crippen LogP contribution is 2.17. The maximum absolute atomic E-state index is 11.8. The molecular weight excluding hydrogens is 210 g/mol. The van der Waals surface area contributed by atoms with Crippen LogP contribution in [0.25, 0.3) is 0 Å². The third kappa shape index (κ3) is 3.01. The highest BCUT2D eigenvalue weighted by Gasteiger charge is 2.29. The monoisotopic (exact) mass is 229 g/mol. The topological polar surface area (TPSA) is 70.8 Å². The van der Waals surface area contributed by atoms with E-state index in [1.165, 1.54) is 0 Å². The van der Waals surface area contributed by atoms with E-state index < -0.39 is 0 Å². The number of hydrogen-bond donors (Lipinski definition) is 1. The molecule has 2 rings (SSSR count). The van der Waals surface area contributed by atoms with Gasteiger partial charge in [-0.05, 0) is 12.8 Å². The van der Waals surface area contributed by atoms with Gasteiger partial charge in [0.25, 0.3) is 0 Å². The molecule has 2 aliphatic rings. The Balaban J connectivity index is 1.71. The van der Waals surface area contributed by atoms with Crippen molar-refractivity contribution in [2.45, 2.75) is 37.6 Å². The second-order valence-electron chi connectivity index (χ2n) is 4.32. The van der Waals surface area contributed by atoms with Crippen molar-refractivity contribution < 1.29 is 19.0 Å². The van der Waals surface area contributed by atoms with E-state index in [9.17, 15) is 4.79 Å². The Bertz CT molecular complexity index is 232. The quantitative estimate of drug-likeness (QED) is 0.727. The Labute approximate surface area is 95.2 Å². The van der Waals surface area contributed by atoms with Gasteiger partial charge < -0.3 is 19.9 Å². The predicted molar refractivity (Wildman–Crippen MR) is 57.1 cm³/mol. The second kappa shape index (κ2) is 5.72. The minimum Gasteiger partial charge on any atom is -0.373 e. The molecule has 5 heteroatoms. The molecule has 16 heavy (non-hydrogen) atoms. The third-order valence-electron chi connectivity index (χ3n) is 3.02. The van der Waals surface area contributed by atoms with Crippen LogP contribution in [0.2, 0.25) is 0 Å². The highest BCUT2D eigenvalue weighted by molar-refractivity contribution is 5.83. The van der Waals surface area contributed by atoms with Crippen molar-refractivity contribution in [3.05, 3.63) is 0 Å². The maximum Gasteiger partial charge on any atom is 0.164 e. The van der Waals surface area contributed by atoms with E-state index >= 15 is 0 Å². The summed E-state index contributed by atoms with van der Waals surface area (Å²) < 4.78 is 16.3. The number of carbonyl (C=O) groups excluding carboxylic acids is 1. The lowest BCUT2D eigenvalue weighted by molar-refractivity contribution is -0.148. The molecule has 0 aromatic rings. The van der Waals surface area contributed by atoms with Crippen molar-refractivity contribution in [3.8, 4) is 0 Å². The molecule has 92 valence electrons. The van der Waals surface area contributed by atoms with Gasteiger partial charge in [-0.25, -0.2) is 0 Å². The fraction of sp³-hybridized carbons (Fsp3) is 0.909. The Morgan fingerprint density at radius 1 is 1.19 bits per heavy atom. The first-order chi connectivity index (χ1) is 7.79. The van der Waals surface area contributed by atoms with E-state index in [2.05, 4.69) is 0 Å². The van der Waals surface area contributed by atoms with Gasteiger partial charge in [-0.2, -0.15) is 0 Å². The summed E-state index contributed by atoms with van der Waals surface area (Å²) in [4.78, 5) is 11.8. The predicted octanol–water partition coefficient (Wildman–Crippen LogP) is -0.133. The van der Waals surface area contributed by atoms with Crippen LogP contribution in [0.1, 0.15) is 19.3 Å². The van der Waals surface area contributed by atoms with Gasteiger partial charge in [0.2, 0.25) is 0 Å². The molecule has 5 nitrogen and oxygen atoms in total. The van der Waals surface area contributed by atoms with Crippen LogP contribution < -0.4 is 5.73 Å². The molecule has 0 spiro atoms. The van der Waals surface area contributed by atoms with Crippen LogP contribution in [0.15, 0.2) is 0 Å². The number of hydrogen-bond acceptors (Lipinski definition) is 5. The van der Waals surface area contributed by atoms with Crippen molar-refractivity contribution in [2.75, 3.05) is 26.4 Å². The molecule has 0 aromatic carbocycles. The van der Waals surface area contributed by atoms with Gasteiger partial charge in [-0.3, -0.25) is 4.79 Å². The Hall–Kier alpha value is -0.490. The molecule has 2 N–H and O–H groups in total. The van der Waals surface area contributed by atoms with Crippen molar-refractivity contribution in [1.29, 1.82) is 0 Å². The van der Waals surface area contributed by atoms with E-state index in [1.807, 2.05) is 0 Å². The smallest absolute Gasteiger partial charge is 0.164 e. The molecule has 0 bridgehead atoms. The summed E-state index contributed by atoms with van der Waals surface area (Å²) in [6.07, 6.45) is 1.86. The number of rotatable bonds is 4. The molecule has 2 heterocycles. The molecule has 3 unspecified atom stereocenters. The van der Waals surface area contributed by atoms with Crippen molar-refractivity contribution >= 4 is 5.78 Å². The number of Topliss-reactive ketones (excluding diaryl/α,β-unsaturated/α-hetero) is 1. The zero-order chi connectivity index (χ0) is 11.4. The molecule has 2 fully saturated rings. The van der Waals surface area contributed by atoms with E-state index in [1.54, 1.807) is 0 Å². The summed E-state index contributed by atoms with van der Waals surface area (Å²) in [6, 6.07) is 0. The minimum absolute atomic E-state index is 0.0194. The van der Waals surface area contributed by atoms with Gasteiger partial charge in [0.1, 0.15) is 6.10 Å². The normalized spacial score (nSPS) is 35.2. The summed E-state index contributed by atoms with van der Waals surface area (Å²) in [5.41, 5.74) is 5.46. The molecule has 0 radical (unpaired) electrons. The number of nitrogens with two attached hydrogens (primary N) is 1. The fourth-order valence-corrected chi connectivity index (χ4v) is 2.02. The number of ketones is 1. The molecule has 2 saturated heterocycles. The van der Waals surface area contributed by atoms with Gasteiger partial charge in [-0.1, -0.05) is 0 Å². The number of carbonyl (C=O) groups is 1. The van der Waals surface area contributed by atoms with Crippen molar-refractivity contribution in [3.63, 3.8) is 0 Å². The van der Waals surface area contributed by atoms with Crippen LogP contribution in [0, 0.1) is 0 Å². The molecular formula is C11H19NO4. The Morgan fingerprint density at radius 2 is 1.94 bits per heavy atom. The number of ether oxygens (including phenoxy) is 3. The van der Waals surface area contributed by atoms with Gasteiger partial charge in [-0.15, -0.1) is 0 Å². The summed E-state index contributed by atoms with van der Waals surface area (Å²) in [5, 5.41) is 0. The van der Waals surface area contributed by atoms with Gasteiger partial charge in [0, 0.05) is 19.6 Å². The first-order valence-electron chi connectivity index (χ1n) is 5.87. The minimum atomic E-state index is -0.212. The standard InChI is InChI=1S/C11H19NO4/c12-5-9-7-15-8(6-16-9)4-10(13)11-2-1-3-14-11/h8-9,11H,1-7,12H2. The van der Waals surface area contributed by atoms with Crippen molar-refractivity contribution in [1.82, 2.24) is 0 Å². The van der Waals surface area contributed by atoms with Crippen LogP contribution >= 0.6 is 0 Å². The van der Waals surface area contributed by atoms with Crippen molar-refractivity contribution in [2.24, 2.45) is 5.73 Å². The molecule has 0 aliphatic carbocycles. The molecule has 0 amide bonds. The molecule has 0 saturated carbocycles. The lowest BCUT2D eigenvalue weighted by atomic mass is 10.1. The van der Waals surface area contributed by atoms with Crippen LogP contribution in [0.3, 0.4) is 0 Å². The highest BCUT2D eigenvalue weighted by atomic mass is 16.6. The SMILES string of the molecule is NCC1COC(CC(=O)C2CCCO2)CO1. The zero-order valence-corrected chi connectivity index (χ0v) is 9.39. The molecule has 0 aromatic heterocycles. The van der Waals surface area contributed by atoms with Crippen LogP contribution in [0.5, 0.6) is 0 Å². The van der Waals surface area contributed by atoms with E-state index in [0.717, 1.165) is 12.8 Å². The van der Waals surface area contributed by atoms with Gasteiger partial charge >= 0.3 is 0 Å². The van der Waals surface area contributed by atoms with Crippen LogP contribution in [-0.2, 0) is 19.0 Å². The zero-order valence-electron chi connectivity index (χ0n) is 9.39. The summed E-state index contributed by atoms with van der Waals surface area (Å²) in [5.74, 6) is 0.136. The Kier molecular flexibility index (Phi) is 4.29. The van der Waals surface area contributed by atoms with Crippen LogP contribution in [-0.4, -0.2) is 50.5 Å². The summed E-state index contributed by atoms with van der Waals surface area (Å²) >= 11 is 0. The maximum atomic E-state index is 11.8. The van der Waals surface area contributed by atoms with E-state index in [4.69, 9.17) is 19.9 Å². The fourth-order valence-electron chi connectivity index (χ4n) is 2.02. The first kappa shape index (κ1) is 12.0. The van der Waals surface area contributed by atoms with E-state index in [0.29, 0.717) is 32.8 Å². The average Bonchev–Trinajstić information content (AvgIpc) is 2.83. The summed E-state index contributed by atoms with van der Waals surface area (Å²) in [7, 11) is 0. The largest absolute Gasteiger partial charge is 0.373 e. The summed E-state index contributed by atoms with van der Waals surface area (Å²) in [6.45, 7) is 2.11. The van der Waals surface area contributed by atoms with Gasteiger partial charge in [0.05, 0.1) is 25.4 Å². The van der Waals surface area contributed by atoms with Gasteiger partial charge in [0.15, 0.2) is 5.78 Å². The second-order valence-corrected chi connectivity index (χ2v) is 4.32.